The predicted octanol–water partition coefficient (Wildman–Crippen LogP) is 2.94. The van der Waals surface area contributed by atoms with E-state index in [2.05, 4.69) is 23.7 Å². The van der Waals surface area contributed by atoms with Gasteiger partial charge in [0.1, 0.15) is 0 Å². The molecule has 0 bridgehead atoms. The van der Waals surface area contributed by atoms with Crippen molar-refractivity contribution in [3.05, 3.63) is 36.4 Å². The van der Waals surface area contributed by atoms with Crippen LogP contribution in [-0.2, 0) is 10.0 Å². The van der Waals surface area contributed by atoms with Crippen molar-refractivity contribution < 1.29 is 8.42 Å². The summed E-state index contributed by atoms with van der Waals surface area (Å²) >= 11 is 0. The van der Waals surface area contributed by atoms with Crippen molar-refractivity contribution in [3.63, 3.8) is 0 Å². The number of nitrogens with zero attached hydrogens (tertiary/aromatic N) is 2. The number of benzene rings is 2. The van der Waals surface area contributed by atoms with Crippen LogP contribution in [0.5, 0.6) is 0 Å². The lowest BCUT2D eigenvalue weighted by Gasteiger charge is -2.20. The van der Waals surface area contributed by atoms with Gasteiger partial charge in [0.05, 0.1) is 18.0 Å². The molecular weight excluding hydrogens is 332 g/mol. The zero-order valence-corrected chi connectivity index (χ0v) is 15.8. The highest BCUT2D eigenvalue weighted by Gasteiger charge is 2.25. The Balaban J connectivity index is 2.66. The maximum absolute atomic E-state index is 13.2. The Hall–Kier alpha value is -2.47. The lowest BCUT2D eigenvalue weighted by atomic mass is 10.1. The molecule has 0 unspecified atom stereocenters. The fraction of sp³-hybridized carbons (Fsp3) is 0.300. The molecule has 0 N–H and O–H groups in total. The Kier molecular flexibility index (Phi) is 6.09. The summed E-state index contributed by atoms with van der Waals surface area (Å²) in [6.45, 7) is 3.63. The number of hydrogen-bond acceptors (Lipinski definition) is 3. The standard InChI is InChI=1S/C20H22N2O2S/c1-5-7-15-22(16-8-6-2)25(23,24)20-14-10-11-17-18(20)12-9-13-19(17)21(3)4/h9-14H,15-16H2,1-4H3. The summed E-state index contributed by atoms with van der Waals surface area (Å²) < 4.78 is 27.7. The molecular formula is C20H22N2O2S. The minimum Gasteiger partial charge on any atom is -0.377 e. The van der Waals surface area contributed by atoms with Gasteiger partial charge in [-0.25, -0.2) is 8.42 Å². The van der Waals surface area contributed by atoms with E-state index in [-0.39, 0.29) is 18.0 Å². The molecule has 0 fully saturated rings. The predicted molar refractivity (Wildman–Crippen MR) is 104 cm³/mol. The third-order valence-corrected chi connectivity index (χ3v) is 5.67. The Morgan fingerprint density at radius 3 is 2.00 bits per heavy atom. The smallest absolute Gasteiger partial charge is 0.245 e. The molecule has 0 saturated heterocycles. The number of rotatable bonds is 5. The Morgan fingerprint density at radius 1 is 0.880 bits per heavy atom. The van der Waals surface area contributed by atoms with Gasteiger partial charge in [-0.3, -0.25) is 0 Å². The third kappa shape index (κ3) is 3.96. The number of anilines is 1. The molecule has 25 heavy (non-hydrogen) atoms. The molecule has 2 aromatic rings. The molecule has 0 saturated carbocycles. The molecule has 0 radical (unpaired) electrons. The molecule has 4 nitrogen and oxygen atoms in total. The van der Waals surface area contributed by atoms with Crippen LogP contribution in [0.2, 0.25) is 0 Å². The van der Waals surface area contributed by atoms with Crippen molar-refractivity contribution in [2.45, 2.75) is 18.7 Å². The second-order valence-electron chi connectivity index (χ2n) is 5.65. The summed E-state index contributed by atoms with van der Waals surface area (Å²) in [5, 5.41) is 1.60. The van der Waals surface area contributed by atoms with Crippen molar-refractivity contribution in [2.75, 3.05) is 32.1 Å². The van der Waals surface area contributed by atoms with Crippen molar-refractivity contribution in [2.24, 2.45) is 0 Å². The van der Waals surface area contributed by atoms with E-state index in [1.807, 2.05) is 43.3 Å². The average molecular weight is 354 g/mol. The van der Waals surface area contributed by atoms with Gasteiger partial charge in [-0.05, 0) is 26.0 Å². The van der Waals surface area contributed by atoms with E-state index in [0.717, 1.165) is 11.1 Å². The molecule has 0 aromatic heterocycles. The Labute approximate surface area is 150 Å². The van der Waals surface area contributed by atoms with Crippen LogP contribution in [0, 0.1) is 23.7 Å². The number of sulfonamides is 1. The van der Waals surface area contributed by atoms with E-state index in [1.165, 1.54) is 4.31 Å². The largest absolute Gasteiger partial charge is 0.377 e. The molecule has 0 spiro atoms. The highest BCUT2D eigenvalue weighted by Crippen LogP contribution is 2.31. The Bertz CT molecular complexity index is 965. The highest BCUT2D eigenvalue weighted by molar-refractivity contribution is 7.89. The van der Waals surface area contributed by atoms with Crippen LogP contribution in [0.1, 0.15) is 13.8 Å². The first-order valence-electron chi connectivity index (χ1n) is 7.92. The molecule has 0 heterocycles. The quantitative estimate of drug-likeness (QED) is 0.775. The summed E-state index contributed by atoms with van der Waals surface area (Å²) in [5.74, 6) is 11.2. The summed E-state index contributed by atoms with van der Waals surface area (Å²) in [5.41, 5.74) is 0.975. The van der Waals surface area contributed by atoms with E-state index in [4.69, 9.17) is 0 Å². The second kappa shape index (κ2) is 8.07. The van der Waals surface area contributed by atoms with Crippen LogP contribution >= 0.6 is 0 Å². The van der Waals surface area contributed by atoms with Crippen LogP contribution in [0.4, 0.5) is 5.69 Å². The minimum absolute atomic E-state index is 0.122. The second-order valence-corrected chi connectivity index (χ2v) is 7.56. The number of hydrogen-bond donors (Lipinski definition) is 0. The topological polar surface area (TPSA) is 40.6 Å². The first-order valence-corrected chi connectivity index (χ1v) is 9.36. The van der Waals surface area contributed by atoms with Gasteiger partial charge in [0.15, 0.2) is 0 Å². The zero-order chi connectivity index (χ0) is 18.4. The lowest BCUT2D eigenvalue weighted by molar-refractivity contribution is 0.483. The average Bonchev–Trinajstić information content (AvgIpc) is 2.60. The third-order valence-electron chi connectivity index (χ3n) is 3.82. The molecule has 0 aliphatic rings. The molecule has 0 amide bonds. The normalized spacial score (nSPS) is 10.8. The van der Waals surface area contributed by atoms with E-state index in [0.29, 0.717) is 5.39 Å². The summed E-state index contributed by atoms with van der Waals surface area (Å²) in [4.78, 5) is 2.26. The first kappa shape index (κ1) is 18.9. The van der Waals surface area contributed by atoms with Gasteiger partial charge in [-0.15, -0.1) is 11.8 Å². The van der Waals surface area contributed by atoms with Gasteiger partial charge in [-0.1, -0.05) is 36.1 Å². The van der Waals surface area contributed by atoms with E-state index in [1.54, 1.807) is 26.0 Å². The van der Waals surface area contributed by atoms with Crippen molar-refractivity contribution in [1.29, 1.82) is 0 Å². The minimum atomic E-state index is -3.70. The lowest BCUT2D eigenvalue weighted by Crippen LogP contribution is -2.32. The molecule has 0 atom stereocenters. The fourth-order valence-corrected chi connectivity index (χ4v) is 4.03. The van der Waals surface area contributed by atoms with Crippen LogP contribution in [-0.4, -0.2) is 39.9 Å². The van der Waals surface area contributed by atoms with Crippen molar-refractivity contribution in [3.8, 4) is 23.7 Å². The Morgan fingerprint density at radius 2 is 1.44 bits per heavy atom. The SMILES string of the molecule is CC#CCN(CC#CC)S(=O)(=O)c1cccc2c(N(C)C)cccc12. The van der Waals surface area contributed by atoms with E-state index in [9.17, 15) is 8.42 Å². The van der Waals surface area contributed by atoms with Gasteiger partial charge >= 0.3 is 0 Å². The van der Waals surface area contributed by atoms with Gasteiger partial charge in [0.2, 0.25) is 10.0 Å². The van der Waals surface area contributed by atoms with Gasteiger partial charge < -0.3 is 4.90 Å². The van der Waals surface area contributed by atoms with E-state index < -0.39 is 10.0 Å². The summed E-state index contributed by atoms with van der Waals surface area (Å²) in [7, 11) is 0.176. The monoisotopic (exact) mass is 354 g/mol. The van der Waals surface area contributed by atoms with Crippen molar-refractivity contribution in [1.82, 2.24) is 4.31 Å². The maximum atomic E-state index is 13.2. The molecule has 2 aromatic carbocycles. The number of fused-ring (bicyclic) bond motifs is 1. The maximum Gasteiger partial charge on any atom is 0.245 e. The first-order chi connectivity index (χ1) is 11.9. The highest BCUT2D eigenvalue weighted by atomic mass is 32.2. The molecule has 130 valence electrons. The van der Waals surface area contributed by atoms with E-state index >= 15 is 0 Å². The molecule has 5 heteroatoms. The molecule has 2 rings (SSSR count). The summed E-state index contributed by atoms with van der Waals surface area (Å²) in [6.07, 6.45) is 0. The van der Waals surface area contributed by atoms with Crippen LogP contribution in [0.3, 0.4) is 0 Å². The van der Waals surface area contributed by atoms with Crippen LogP contribution in [0.25, 0.3) is 10.8 Å². The molecule has 0 aliphatic carbocycles. The van der Waals surface area contributed by atoms with Crippen molar-refractivity contribution >= 4 is 26.5 Å². The molecule has 0 aliphatic heterocycles. The zero-order valence-electron chi connectivity index (χ0n) is 15.0. The van der Waals surface area contributed by atoms with Crippen LogP contribution in [0.15, 0.2) is 41.3 Å². The summed E-state index contributed by atoms with van der Waals surface area (Å²) in [6, 6.07) is 11.0. The fourth-order valence-electron chi connectivity index (χ4n) is 2.58. The van der Waals surface area contributed by atoms with Gasteiger partial charge in [0.25, 0.3) is 0 Å². The van der Waals surface area contributed by atoms with Gasteiger partial charge in [-0.2, -0.15) is 4.31 Å². The van der Waals surface area contributed by atoms with Crippen LogP contribution < -0.4 is 4.90 Å². The van der Waals surface area contributed by atoms with Gasteiger partial charge in [0, 0.05) is 30.6 Å².